The van der Waals surface area contributed by atoms with E-state index in [2.05, 4.69) is 4.90 Å². The van der Waals surface area contributed by atoms with E-state index in [1.807, 2.05) is 6.92 Å². The molecule has 4 aromatic rings. The fourth-order valence-corrected chi connectivity index (χ4v) is 4.18. The molecule has 39 heavy (non-hydrogen) atoms. The van der Waals surface area contributed by atoms with E-state index in [0.717, 1.165) is 6.54 Å². The monoisotopic (exact) mass is 561 g/mol. The second kappa shape index (κ2) is 13.9. The molecular formula is C32H29Cl2NO4. The topological polar surface area (TPSA) is 55.8 Å². The second-order valence-corrected chi connectivity index (χ2v) is 9.81. The Kier molecular flexibility index (Phi) is 10.1. The first-order valence-electron chi connectivity index (χ1n) is 12.8. The fraction of sp³-hybridized carbons (Fsp3) is 0.188. The lowest BCUT2D eigenvalue weighted by Gasteiger charge is -2.19. The lowest BCUT2D eigenvalue weighted by Crippen LogP contribution is -2.28. The van der Waals surface area contributed by atoms with Crippen molar-refractivity contribution in [2.24, 2.45) is 0 Å². The Morgan fingerprint density at radius 2 is 0.872 bits per heavy atom. The largest absolute Gasteiger partial charge is 0.457 e. The molecule has 0 unspecified atom stereocenters. The zero-order chi connectivity index (χ0) is 27.6. The maximum absolute atomic E-state index is 12.7. The van der Waals surface area contributed by atoms with Gasteiger partial charge in [-0.3, -0.25) is 9.59 Å². The number of benzene rings is 4. The summed E-state index contributed by atoms with van der Waals surface area (Å²) in [7, 11) is 0. The number of carbonyl (C=O) groups excluding carboxylic acids is 2. The molecule has 0 bridgehead atoms. The smallest absolute Gasteiger partial charge is 0.164 e. The SMILES string of the molecule is CCN(CCC(=O)c1ccc(Oc2ccc(Cl)cc2)cc1)CCC(=O)c1ccc(Oc2ccc(Cl)cc2)cc1. The standard InChI is InChI=1S/C32H29Cl2NO4/c1-2-35(21-19-31(36)23-3-11-27(12-4-23)38-29-15-7-25(33)8-16-29)22-20-32(37)24-5-13-28(14-6-24)39-30-17-9-26(34)10-18-30/h3-18H,2,19-22H2,1H3. The highest BCUT2D eigenvalue weighted by Gasteiger charge is 2.13. The zero-order valence-corrected chi connectivity index (χ0v) is 23.1. The zero-order valence-electron chi connectivity index (χ0n) is 21.6. The van der Waals surface area contributed by atoms with Crippen LogP contribution in [0.3, 0.4) is 0 Å². The molecule has 4 aromatic carbocycles. The number of nitrogens with zero attached hydrogens (tertiary/aromatic N) is 1. The van der Waals surface area contributed by atoms with E-state index >= 15 is 0 Å². The van der Waals surface area contributed by atoms with Crippen LogP contribution in [0.15, 0.2) is 97.1 Å². The molecule has 0 heterocycles. The Balaban J connectivity index is 1.22. The van der Waals surface area contributed by atoms with Crippen molar-refractivity contribution in [2.75, 3.05) is 19.6 Å². The molecule has 0 fully saturated rings. The Morgan fingerprint density at radius 1 is 0.564 bits per heavy atom. The Hall–Kier alpha value is -3.64. The molecule has 0 spiro atoms. The van der Waals surface area contributed by atoms with E-state index in [-0.39, 0.29) is 11.6 Å². The van der Waals surface area contributed by atoms with Gasteiger partial charge in [0.15, 0.2) is 11.6 Å². The molecule has 0 amide bonds. The molecule has 0 aliphatic heterocycles. The van der Waals surface area contributed by atoms with Crippen LogP contribution in [-0.2, 0) is 0 Å². The number of halogens is 2. The van der Waals surface area contributed by atoms with E-state index in [1.165, 1.54) is 0 Å². The van der Waals surface area contributed by atoms with E-state index < -0.39 is 0 Å². The number of ketones is 2. The van der Waals surface area contributed by atoms with Crippen molar-refractivity contribution in [3.8, 4) is 23.0 Å². The average Bonchev–Trinajstić information content (AvgIpc) is 2.96. The van der Waals surface area contributed by atoms with Crippen LogP contribution in [-0.4, -0.2) is 36.1 Å². The summed E-state index contributed by atoms with van der Waals surface area (Å²) in [6.07, 6.45) is 0.742. The lowest BCUT2D eigenvalue weighted by atomic mass is 10.1. The predicted octanol–water partition coefficient (Wildman–Crippen LogP) is 8.75. The molecule has 200 valence electrons. The van der Waals surface area contributed by atoms with Crippen molar-refractivity contribution < 1.29 is 19.1 Å². The van der Waals surface area contributed by atoms with Gasteiger partial charge in [0.25, 0.3) is 0 Å². The van der Waals surface area contributed by atoms with Gasteiger partial charge in [0.2, 0.25) is 0 Å². The van der Waals surface area contributed by atoms with E-state index in [1.54, 1.807) is 97.1 Å². The summed E-state index contributed by atoms with van der Waals surface area (Å²) >= 11 is 11.8. The van der Waals surface area contributed by atoms with Crippen LogP contribution < -0.4 is 9.47 Å². The highest BCUT2D eigenvalue weighted by molar-refractivity contribution is 6.30. The van der Waals surface area contributed by atoms with Crippen LogP contribution in [0.1, 0.15) is 40.5 Å². The van der Waals surface area contributed by atoms with E-state index in [4.69, 9.17) is 32.7 Å². The molecule has 0 saturated carbocycles. The van der Waals surface area contributed by atoms with Crippen molar-refractivity contribution in [3.05, 3.63) is 118 Å². The number of hydrogen-bond donors (Lipinski definition) is 0. The van der Waals surface area contributed by atoms with Gasteiger partial charge in [-0.1, -0.05) is 30.1 Å². The molecule has 0 atom stereocenters. The number of carbonyl (C=O) groups is 2. The van der Waals surface area contributed by atoms with Gasteiger partial charge < -0.3 is 14.4 Å². The average molecular weight is 562 g/mol. The second-order valence-electron chi connectivity index (χ2n) is 8.94. The Morgan fingerprint density at radius 3 is 1.18 bits per heavy atom. The van der Waals surface area contributed by atoms with Crippen LogP contribution in [0.4, 0.5) is 0 Å². The molecule has 0 saturated heterocycles. The normalized spacial score (nSPS) is 10.9. The summed E-state index contributed by atoms with van der Waals surface area (Å²) in [5.41, 5.74) is 1.26. The quantitative estimate of drug-likeness (QED) is 0.153. The third kappa shape index (κ3) is 8.69. The van der Waals surface area contributed by atoms with Crippen molar-refractivity contribution in [2.45, 2.75) is 19.8 Å². The lowest BCUT2D eigenvalue weighted by molar-refractivity contribution is 0.0949. The molecule has 7 heteroatoms. The van der Waals surface area contributed by atoms with Gasteiger partial charge in [0.05, 0.1) is 0 Å². The fourth-order valence-electron chi connectivity index (χ4n) is 3.93. The van der Waals surface area contributed by atoms with Gasteiger partial charge >= 0.3 is 0 Å². The summed E-state index contributed by atoms with van der Waals surface area (Å²) in [6, 6.07) is 28.4. The molecular weight excluding hydrogens is 533 g/mol. The summed E-state index contributed by atoms with van der Waals surface area (Å²) in [6.45, 7) is 3.95. The third-order valence-electron chi connectivity index (χ3n) is 6.21. The molecule has 0 aliphatic carbocycles. The van der Waals surface area contributed by atoms with Crippen molar-refractivity contribution in [3.63, 3.8) is 0 Å². The van der Waals surface area contributed by atoms with Crippen LogP contribution >= 0.6 is 23.2 Å². The van der Waals surface area contributed by atoms with Crippen LogP contribution in [0.5, 0.6) is 23.0 Å². The number of rotatable bonds is 13. The van der Waals surface area contributed by atoms with Crippen molar-refractivity contribution >= 4 is 34.8 Å². The molecule has 4 rings (SSSR count). The molecule has 0 N–H and O–H groups in total. The number of Topliss-reactive ketones (excluding diaryl/α,β-unsaturated/α-hetero) is 2. The third-order valence-corrected chi connectivity index (χ3v) is 6.71. The summed E-state index contributed by atoms with van der Waals surface area (Å²) in [5.74, 6) is 2.74. The first kappa shape index (κ1) is 28.4. The first-order valence-corrected chi connectivity index (χ1v) is 13.5. The summed E-state index contributed by atoms with van der Waals surface area (Å²) in [5, 5.41) is 1.28. The molecule has 0 aliphatic rings. The minimum atomic E-state index is 0.0501. The van der Waals surface area contributed by atoms with Crippen molar-refractivity contribution in [1.82, 2.24) is 4.90 Å². The summed E-state index contributed by atoms with van der Waals surface area (Å²) in [4.78, 5) is 27.6. The van der Waals surface area contributed by atoms with Crippen LogP contribution in [0.25, 0.3) is 0 Å². The van der Waals surface area contributed by atoms with E-state index in [0.29, 0.717) is 70.1 Å². The maximum atomic E-state index is 12.7. The predicted molar refractivity (Wildman–Crippen MR) is 156 cm³/mol. The number of ether oxygens (including phenoxy) is 2. The minimum absolute atomic E-state index is 0.0501. The van der Waals surface area contributed by atoms with Gasteiger partial charge in [-0.2, -0.15) is 0 Å². The Labute approximate surface area is 238 Å². The van der Waals surface area contributed by atoms with Gasteiger partial charge in [-0.05, 0) is 104 Å². The van der Waals surface area contributed by atoms with Gasteiger partial charge in [0.1, 0.15) is 23.0 Å². The molecule has 0 radical (unpaired) electrons. The highest BCUT2D eigenvalue weighted by Crippen LogP contribution is 2.25. The van der Waals surface area contributed by atoms with Crippen LogP contribution in [0, 0.1) is 0 Å². The maximum Gasteiger partial charge on any atom is 0.164 e. The van der Waals surface area contributed by atoms with Crippen LogP contribution in [0.2, 0.25) is 10.0 Å². The Bertz CT molecular complexity index is 1260. The van der Waals surface area contributed by atoms with Gasteiger partial charge in [-0.15, -0.1) is 0 Å². The molecule has 5 nitrogen and oxygen atoms in total. The highest BCUT2D eigenvalue weighted by atomic mass is 35.5. The number of hydrogen-bond acceptors (Lipinski definition) is 5. The van der Waals surface area contributed by atoms with Gasteiger partial charge in [0, 0.05) is 47.1 Å². The minimum Gasteiger partial charge on any atom is -0.457 e. The van der Waals surface area contributed by atoms with Gasteiger partial charge in [-0.25, -0.2) is 0 Å². The summed E-state index contributed by atoms with van der Waals surface area (Å²) < 4.78 is 11.6. The van der Waals surface area contributed by atoms with E-state index in [9.17, 15) is 9.59 Å². The first-order chi connectivity index (χ1) is 18.9. The molecule has 0 aromatic heterocycles. The van der Waals surface area contributed by atoms with Crippen molar-refractivity contribution in [1.29, 1.82) is 0 Å².